The molecule has 1 saturated heterocycles. The lowest BCUT2D eigenvalue weighted by molar-refractivity contribution is -0.186. The second-order valence-electron chi connectivity index (χ2n) is 11.7. The largest absolute Gasteiger partial charge is 0.390 e. The molecule has 7 nitrogen and oxygen atoms in total. The molecular weight excluding hydrogens is 418 g/mol. The molecule has 170 valence electrons. The van der Waals surface area contributed by atoms with Crippen molar-refractivity contribution in [2.75, 3.05) is 0 Å². The third-order valence-corrected chi connectivity index (χ3v) is 9.48. The van der Waals surface area contributed by atoms with Crippen LogP contribution in [0.5, 0.6) is 0 Å². The zero-order valence-corrected chi connectivity index (χ0v) is 18.4. The highest BCUT2D eigenvalue weighted by molar-refractivity contribution is 6.23. The van der Waals surface area contributed by atoms with E-state index in [1.807, 2.05) is 0 Å². The highest BCUT2D eigenvalue weighted by Gasteiger charge is 2.66. The number of aliphatic hydroxyl groups is 1. The lowest BCUT2D eigenvalue weighted by Crippen LogP contribution is -2.67. The molecule has 7 aliphatic rings. The van der Waals surface area contributed by atoms with E-state index in [0.29, 0.717) is 41.7 Å². The molecule has 7 heteroatoms. The van der Waals surface area contributed by atoms with Crippen molar-refractivity contribution in [1.82, 2.24) is 9.80 Å². The van der Waals surface area contributed by atoms with Crippen LogP contribution in [0.15, 0.2) is 24.3 Å². The predicted molar refractivity (Wildman–Crippen MR) is 116 cm³/mol. The molecule has 6 atom stereocenters. The number of hydrogen-bond donors (Lipinski definition) is 1. The fourth-order valence-corrected chi connectivity index (χ4v) is 8.72. The lowest BCUT2D eigenvalue weighted by Gasteiger charge is -2.62. The maximum Gasteiger partial charge on any atom is 0.262 e. The molecule has 2 unspecified atom stereocenters. The number of amides is 3. The van der Waals surface area contributed by atoms with E-state index in [-0.39, 0.29) is 11.9 Å². The van der Waals surface area contributed by atoms with E-state index in [1.54, 1.807) is 29.2 Å². The van der Waals surface area contributed by atoms with Gasteiger partial charge in [0.1, 0.15) is 12.1 Å². The number of rotatable bonds is 3. The summed E-state index contributed by atoms with van der Waals surface area (Å²) in [6, 6.07) is 7.63. The molecule has 6 fully saturated rings. The Hall–Kier alpha value is -2.72. The van der Waals surface area contributed by atoms with Gasteiger partial charge in [0.15, 0.2) is 0 Å². The number of likely N-dealkylation sites (tertiary alicyclic amines) is 1. The Morgan fingerprint density at radius 3 is 2.24 bits per heavy atom. The molecule has 8 rings (SSSR count). The van der Waals surface area contributed by atoms with E-state index in [1.165, 1.54) is 4.90 Å². The molecule has 1 aromatic rings. The van der Waals surface area contributed by atoms with Gasteiger partial charge in [-0.2, -0.15) is 5.26 Å². The van der Waals surface area contributed by atoms with Crippen LogP contribution in [0.1, 0.15) is 72.1 Å². The second kappa shape index (κ2) is 6.24. The summed E-state index contributed by atoms with van der Waals surface area (Å²) in [5.74, 6) is -0.136. The van der Waals surface area contributed by atoms with Crippen molar-refractivity contribution in [1.29, 1.82) is 5.26 Å². The van der Waals surface area contributed by atoms with Gasteiger partial charge in [0, 0.05) is 11.5 Å². The van der Waals surface area contributed by atoms with Gasteiger partial charge >= 0.3 is 0 Å². The summed E-state index contributed by atoms with van der Waals surface area (Å²) in [5.41, 5.74) is -0.781. The molecule has 1 N–H and O–H groups in total. The number of hydrogen-bond acceptors (Lipinski definition) is 5. The van der Waals surface area contributed by atoms with Gasteiger partial charge in [-0.3, -0.25) is 19.3 Å². The summed E-state index contributed by atoms with van der Waals surface area (Å²) >= 11 is 0. The van der Waals surface area contributed by atoms with Crippen LogP contribution in [0.2, 0.25) is 0 Å². The summed E-state index contributed by atoms with van der Waals surface area (Å²) in [5, 5.41) is 21.2. The van der Waals surface area contributed by atoms with Gasteiger partial charge < -0.3 is 10.0 Å². The number of nitrogens with zero attached hydrogens (tertiary/aromatic N) is 3. The van der Waals surface area contributed by atoms with Gasteiger partial charge in [-0.05, 0) is 81.3 Å². The van der Waals surface area contributed by atoms with Gasteiger partial charge in [0.2, 0.25) is 5.91 Å². The van der Waals surface area contributed by atoms with Crippen molar-refractivity contribution in [3.05, 3.63) is 35.4 Å². The predicted octanol–water partition coefficient (Wildman–Crippen LogP) is 2.50. The molecule has 33 heavy (non-hydrogen) atoms. The molecule has 4 bridgehead atoms. The van der Waals surface area contributed by atoms with Crippen LogP contribution >= 0.6 is 0 Å². The molecule has 0 spiro atoms. The number of fused-ring (bicyclic) bond motifs is 2. The summed E-state index contributed by atoms with van der Waals surface area (Å²) in [6.45, 7) is 0. The summed E-state index contributed by atoms with van der Waals surface area (Å²) < 4.78 is 0. The minimum Gasteiger partial charge on any atom is -0.390 e. The van der Waals surface area contributed by atoms with Gasteiger partial charge in [-0.25, -0.2) is 0 Å². The van der Waals surface area contributed by atoms with Crippen molar-refractivity contribution in [2.24, 2.45) is 23.2 Å². The number of carbonyl (C=O) groups excluding carboxylic acids is 3. The van der Waals surface area contributed by atoms with Crippen LogP contribution in [0.4, 0.5) is 0 Å². The molecule has 3 amide bonds. The first-order chi connectivity index (χ1) is 15.8. The first kappa shape index (κ1) is 19.7. The molecule has 2 aliphatic heterocycles. The third kappa shape index (κ3) is 2.56. The van der Waals surface area contributed by atoms with E-state index >= 15 is 0 Å². The van der Waals surface area contributed by atoms with Crippen molar-refractivity contribution in [3.63, 3.8) is 0 Å². The van der Waals surface area contributed by atoms with Crippen LogP contribution in [-0.2, 0) is 4.79 Å². The second-order valence-corrected chi connectivity index (χ2v) is 11.7. The third-order valence-electron chi connectivity index (χ3n) is 9.48. The SMILES string of the molecule is N#C[C@@H]1C[C@@H]2C[C@@H]2N1C(=O)[C@@H](N1C(=O)c2ccccc2C1=O)C12CC3CC(CC(O)(C3)C1)C2. The maximum absolute atomic E-state index is 14.3. The quantitative estimate of drug-likeness (QED) is 0.721. The smallest absolute Gasteiger partial charge is 0.262 e. The topological polar surface area (TPSA) is 102 Å². The minimum absolute atomic E-state index is 0.0387. The van der Waals surface area contributed by atoms with Crippen LogP contribution < -0.4 is 0 Å². The van der Waals surface area contributed by atoms with E-state index in [2.05, 4.69) is 6.07 Å². The number of piperidine rings is 1. The van der Waals surface area contributed by atoms with Crippen LogP contribution in [0, 0.1) is 34.5 Å². The molecule has 0 radical (unpaired) electrons. The van der Waals surface area contributed by atoms with Crippen molar-refractivity contribution < 1.29 is 19.5 Å². The Morgan fingerprint density at radius 2 is 1.67 bits per heavy atom. The molecular formula is C26H27N3O4. The minimum atomic E-state index is -0.961. The maximum atomic E-state index is 14.3. The average Bonchev–Trinajstić information content (AvgIpc) is 3.36. The van der Waals surface area contributed by atoms with E-state index < -0.39 is 34.9 Å². The van der Waals surface area contributed by atoms with Gasteiger partial charge in [0.25, 0.3) is 11.8 Å². The van der Waals surface area contributed by atoms with E-state index in [9.17, 15) is 24.8 Å². The fourth-order valence-electron chi connectivity index (χ4n) is 8.72. The number of imide groups is 1. The average molecular weight is 446 g/mol. The summed E-state index contributed by atoms with van der Waals surface area (Å²) in [6.07, 6.45) is 6.01. The van der Waals surface area contributed by atoms with Crippen LogP contribution in [0.3, 0.4) is 0 Å². The highest BCUT2D eigenvalue weighted by atomic mass is 16.3. The van der Waals surface area contributed by atoms with Gasteiger partial charge in [0.05, 0.1) is 22.8 Å². The number of nitriles is 1. The van der Waals surface area contributed by atoms with Gasteiger partial charge in [-0.15, -0.1) is 0 Å². The van der Waals surface area contributed by atoms with E-state index in [4.69, 9.17) is 0 Å². The van der Waals surface area contributed by atoms with E-state index in [0.717, 1.165) is 38.5 Å². The normalized spacial score (nSPS) is 42.8. The van der Waals surface area contributed by atoms with Crippen molar-refractivity contribution in [2.45, 2.75) is 75.1 Å². The molecule has 2 heterocycles. The Labute approximate surface area is 192 Å². The first-order valence-electron chi connectivity index (χ1n) is 12.2. The van der Waals surface area contributed by atoms with Gasteiger partial charge in [-0.1, -0.05) is 12.1 Å². The summed E-state index contributed by atoms with van der Waals surface area (Å²) in [4.78, 5) is 44.4. The molecule has 0 aromatic heterocycles. The summed E-state index contributed by atoms with van der Waals surface area (Å²) in [7, 11) is 0. The highest BCUT2D eigenvalue weighted by Crippen LogP contribution is 2.64. The Bertz CT molecular complexity index is 1110. The Morgan fingerprint density at radius 1 is 1.03 bits per heavy atom. The fraction of sp³-hybridized carbons (Fsp3) is 0.615. The van der Waals surface area contributed by atoms with Crippen LogP contribution in [-0.4, -0.2) is 56.4 Å². The first-order valence-corrected chi connectivity index (χ1v) is 12.2. The Balaban J connectivity index is 1.36. The number of carbonyl (C=O) groups is 3. The molecule has 1 aromatic carbocycles. The lowest BCUT2D eigenvalue weighted by atomic mass is 9.46. The zero-order chi connectivity index (χ0) is 22.7. The molecule has 5 saturated carbocycles. The van der Waals surface area contributed by atoms with Crippen molar-refractivity contribution in [3.8, 4) is 6.07 Å². The number of benzene rings is 1. The Kier molecular flexibility index (Phi) is 3.73. The van der Waals surface area contributed by atoms with Crippen LogP contribution in [0.25, 0.3) is 0 Å². The molecule has 5 aliphatic carbocycles. The standard InChI is InChI=1S/C26H27N3O4/c27-12-17-6-16-7-20(16)28(17)24(32)21(29-22(30)18-3-1-2-4-19(18)23(29)31)25-8-14-5-15(9-25)11-26(33,10-14)13-25/h1-4,14-17,20-21,33H,5-11,13H2/t14?,15?,16-,17+,20+,21-,25?,26?/m1/s1. The van der Waals surface area contributed by atoms with Crippen molar-refractivity contribution >= 4 is 17.7 Å². The monoisotopic (exact) mass is 445 g/mol. The zero-order valence-electron chi connectivity index (χ0n) is 18.4.